The highest BCUT2D eigenvalue weighted by atomic mass is 16.4. The Labute approximate surface area is 225 Å². The molecular weight excluding hydrogens is 478 g/mol. The first-order valence-electron chi connectivity index (χ1n) is 13.9. The van der Waals surface area contributed by atoms with Gasteiger partial charge < -0.3 is 25.3 Å². The summed E-state index contributed by atoms with van der Waals surface area (Å²) >= 11 is 0. The van der Waals surface area contributed by atoms with Gasteiger partial charge in [-0.2, -0.15) is 0 Å². The van der Waals surface area contributed by atoms with Crippen LogP contribution in [0.5, 0.6) is 0 Å². The minimum atomic E-state index is -0.722. The summed E-state index contributed by atoms with van der Waals surface area (Å²) < 4.78 is 0. The zero-order chi connectivity index (χ0) is 26.5. The van der Waals surface area contributed by atoms with Gasteiger partial charge in [0.25, 0.3) is 0 Å². The average molecular weight is 520 g/mol. The Morgan fingerprint density at radius 3 is 2.16 bits per heavy atom. The number of piperidine rings is 1. The van der Waals surface area contributed by atoms with Crippen molar-refractivity contribution in [3.8, 4) is 0 Å². The van der Waals surface area contributed by atoms with Crippen molar-refractivity contribution in [1.29, 1.82) is 0 Å². The Morgan fingerprint density at radius 2 is 1.63 bits per heavy atom. The maximum absolute atomic E-state index is 11.9. The maximum Gasteiger partial charge on any atom is 0.320 e. The molecule has 4 N–H and O–H groups in total. The molecule has 204 valence electrons. The first-order chi connectivity index (χ1) is 18.4. The zero-order valence-corrected chi connectivity index (χ0v) is 22.6. The number of rotatable bonds is 11. The van der Waals surface area contributed by atoms with Gasteiger partial charge in [0, 0.05) is 43.9 Å². The van der Waals surface area contributed by atoms with E-state index < -0.39 is 12.0 Å². The summed E-state index contributed by atoms with van der Waals surface area (Å²) in [7, 11) is 0. The van der Waals surface area contributed by atoms with Crippen molar-refractivity contribution < 1.29 is 9.90 Å². The lowest BCUT2D eigenvalue weighted by atomic mass is 9.70. The summed E-state index contributed by atoms with van der Waals surface area (Å²) in [5.41, 5.74) is 2.54. The van der Waals surface area contributed by atoms with Gasteiger partial charge in [0.1, 0.15) is 17.7 Å². The number of imidazole rings is 2. The van der Waals surface area contributed by atoms with Crippen LogP contribution in [0.1, 0.15) is 55.9 Å². The van der Waals surface area contributed by atoms with Gasteiger partial charge in [0.15, 0.2) is 0 Å². The van der Waals surface area contributed by atoms with Crippen LogP contribution in [0.3, 0.4) is 0 Å². The molecule has 3 aromatic rings. The largest absolute Gasteiger partial charge is 0.480 e. The monoisotopic (exact) mass is 519 g/mol. The van der Waals surface area contributed by atoms with Crippen molar-refractivity contribution in [2.24, 2.45) is 11.3 Å². The molecule has 4 heterocycles. The number of aromatic amines is 2. The first-order valence-corrected chi connectivity index (χ1v) is 13.9. The van der Waals surface area contributed by atoms with Crippen LogP contribution in [0.15, 0.2) is 49.1 Å². The quantitative estimate of drug-likeness (QED) is 0.307. The highest BCUT2D eigenvalue weighted by Crippen LogP contribution is 2.45. The van der Waals surface area contributed by atoms with Crippen LogP contribution < -0.4 is 5.32 Å². The molecule has 1 aromatic carbocycles. The Hall–Kier alpha value is -3.01. The van der Waals surface area contributed by atoms with E-state index in [4.69, 9.17) is 0 Å². The molecule has 2 saturated heterocycles. The molecule has 5 rings (SSSR count). The molecule has 2 aliphatic heterocycles. The van der Waals surface area contributed by atoms with Crippen LogP contribution in [0.2, 0.25) is 0 Å². The predicted molar refractivity (Wildman–Crippen MR) is 146 cm³/mol. The molecule has 2 aromatic heterocycles. The molecule has 0 aliphatic carbocycles. The number of nitrogens with zero attached hydrogens (tertiary/aromatic N) is 4. The van der Waals surface area contributed by atoms with Gasteiger partial charge in [-0.05, 0) is 61.2 Å². The number of nitrogens with one attached hydrogen (secondary N) is 3. The predicted octanol–water partition coefficient (Wildman–Crippen LogP) is 3.43. The van der Waals surface area contributed by atoms with E-state index in [-0.39, 0.29) is 11.5 Å². The second-order valence-electron chi connectivity index (χ2n) is 11.6. The fourth-order valence-electron chi connectivity index (χ4n) is 6.35. The van der Waals surface area contributed by atoms with Crippen molar-refractivity contribution >= 4 is 5.97 Å². The molecule has 2 atom stereocenters. The molecule has 0 saturated carbocycles. The van der Waals surface area contributed by atoms with Crippen LogP contribution in [-0.4, -0.2) is 72.5 Å². The van der Waals surface area contributed by atoms with E-state index in [1.165, 1.54) is 11.1 Å². The lowest BCUT2D eigenvalue weighted by molar-refractivity contribution is -0.139. The van der Waals surface area contributed by atoms with Crippen molar-refractivity contribution in [3.63, 3.8) is 0 Å². The molecule has 2 fully saturated rings. The molecule has 1 spiro atoms. The Kier molecular flexibility index (Phi) is 8.26. The highest BCUT2D eigenvalue weighted by Gasteiger charge is 2.50. The fourth-order valence-corrected chi connectivity index (χ4v) is 6.35. The minimum Gasteiger partial charge on any atom is -0.480 e. The molecule has 0 radical (unpaired) electrons. The number of carbonyl (C=O) groups is 1. The van der Waals surface area contributed by atoms with E-state index in [9.17, 15) is 9.90 Å². The standard InChI is InChI=1S/C29H41N7O2/c1-21(2)17-35-13-7-29(8-14-35)16-24(28(37)38)34-25(29)15-22-3-5-23(6-4-22)18-36(19-26-30-9-10-31-26)20-27-32-11-12-33-27/h3-6,9-12,21,24-25,34H,7-8,13-20H2,1-2H3,(H,30,31)(H,32,33)(H,37,38). The minimum absolute atomic E-state index is 0.0537. The molecular formula is C29H41N7O2. The second kappa shape index (κ2) is 11.8. The number of H-pyrrole nitrogens is 2. The van der Waals surface area contributed by atoms with Crippen LogP contribution in [0.4, 0.5) is 0 Å². The van der Waals surface area contributed by atoms with Gasteiger partial charge >= 0.3 is 5.97 Å². The molecule has 2 unspecified atom stereocenters. The summed E-state index contributed by atoms with van der Waals surface area (Å²) in [5.74, 6) is 1.79. The SMILES string of the molecule is CC(C)CN1CCC2(CC1)CC(C(=O)O)NC2Cc1ccc(CN(Cc2ncc[nH]2)Cc2ncc[nH]2)cc1. The van der Waals surface area contributed by atoms with Crippen LogP contribution in [0.25, 0.3) is 0 Å². The summed E-state index contributed by atoms with van der Waals surface area (Å²) in [6.45, 7) is 9.95. The van der Waals surface area contributed by atoms with Gasteiger partial charge in [-0.1, -0.05) is 38.1 Å². The highest BCUT2D eigenvalue weighted by molar-refractivity contribution is 5.74. The lowest BCUT2D eigenvalue weighted by Gasteiger charge is -2.43. The Bertz CT molecular complexity index is 1100. The van der Waals surface area contributed by atoms with Crippen molar-refractivity contribution in [1.82, 2.24) is 35.1 Å². The van der Waals surface area contributed by atoms with Gasteiger partial charge in [0.05, 0.1) is 13.1 Å². The number of likely N-dealkylation sites (tertiary alicyclic amines) is 1. The van der Waals surface area contributed by atoms with Gasteiger partial charge in [-0.3, -0.25) is 9.69 Å². The van der Waals surface area contributed by atoms with E-state index in [2.05, 4.69) is 73.2 Å². The fraction of sp³-hybridized carbons (Fsp3) is 0.552. The van der Waals surface area contributed by atoms with E-state index in [1.807, 2.05) is 12.4 Å². The van der Waals surface area contributed by atoms with Gasteiger partial charge in [-0.25, -0.2) is 9.97 Å². The zero-order valence-electron chi connectivity index (χ0n) is 22.6. The molecule has 9 nitrogen and oxygen atoms in total. The van der Waals surface area contributed by atoms with Gasteiger partial charge in [0.2, 0.25) is 0 Å². The van der Waals surface area contributed by atoms with E-state index in [0.717, 1.165) is 63.5 Å². The molecule has 0 bridgehead atoms. The number of carboxylic acid groups (broad SMARTS) is 1. The number of carboxylic acids is 1. The third kappa shape index (κ3) is 6.51. The maximum atomic E-state index is 11.9. The van der Waals surface area contributed by atoms with Crippen molar-refractivity contribution in [2.45, 2.75) is 71.2 Å². The van der Waals surface area contributed by atoms with E-state index in [0.29, 0.717) is 19.0 Å². The summed E-state index contributed by atoms with van der Waals surface area (Å²) in [4.78, 5) is 32.0. The number of hydrogen-bond acceptors (Lipinski definition) is 6. The number of aromatic nitrogens is 4. The number of aliphatic carboxylic acids is 1. The average Bonchev–Trinajstić information content (AvgIpc) is 3.65. The van der Waals surface area contributed by atoms with Crippen molar-refractivity contribution in [3.05, 3.63) is 71.8 Å². The van der Waals surface area contributed by atoms with Gasteiger partial charge in [-0.15, -0.1) is 0 Å². The summed E-state index contributed by atoms with van der Waals surface area (Å²) in [6, 6.07) is 8.56. The molecule has 2 aliphatic rings. The van der Waals surface area contributed by atoms with E-state index in [1.54, 1.807) is 12.4 Å². The topological polar surface area (TPSA) is 113 Å². The molecule has 0 amide bonds. The Balaban J connectivity index is 1.24. The first kappa shape index (κ1) is 26.6. The van der Waals surface area contributed by atoms with Crippen LogP contribution in [-0.2, 0) is 30.8 Å². The second-order valence-corrected chi connectivity index (χ2v) is 11.6. The number of benzene rings is 1. The lowest BCUT2D eigenvalue weighted by Crippen LogP contribution is -2.48. The summed E-state index contributed by atoms with van der Waals surface area (Å²) in [5, 5.41) is 13.3. The molecule has 38 heavy (non-hydrogen) atoms. The summed E-state index contributed by atoms with van der Waals surface area (Å²) in [6.07, 6.45) is 11.0. The third-order valence-electron chi connectivity index (χ3n) is 8.25. The normalized spacial score (nSPS) is 21.6. The smallest absolute Gasteiger partial charge is 0.320 e. The third-order valence-corrected chi connectivity index (χ3v) is 8.25. The Morgan fingerprint density at radius 1 is 1.03 bits per heavy atom. The van der Waals surface area contributed by atoms with Crippen LogP contribution in [0, 0.1) is 11.3 Å². The number of hydrogen-bond donors (Lipinski definition) is 4. The van der Waals surface area contributed by atoms with E-state index >= 15 is 0 Å². The van der Waals surface area contributed by atoms with Crippen molar-refractivity contribution in [2.75, 3.05) is 19.6 Å². The van der Waals surface area contributed by atoms with Crippen LogP contribution >= 0.6 is 0 Å². The molecule has 9 heteroatoms.